The van der Waals surface area contributed by atoms with Gasteiger partial charge in [0.2, 0.25) is 13.6 Å². The zero-order valence-corrected chi connectivity index (χ0v) is 15.0. The Bertz CT molecular complexity index is 1120. The lowest BCUT2D eigenvalue weighted by molar-refractivity contribution is 0.173. The summed E-state index contributed by atoms with van der Waals surface area (Å²) in [6.45, 7) is 1.22. The minimum Gasteiger partial charge on any atom is -0.496 e. The van der Waals surface area contributed by atoms with Crippen molar-refractivity contribution in [2.45, 2.75) is 6.54 Å². The molecule has 6 rings (SSSR count). The van der Waals surface area contributed by atoms with Crippen LogP contribution in [-0.4, -0.2) is 27.7 Å². The molecule has 0 radical (unpaired) electrons. The van der Waals surface area contributed by atoms with Gasteiger partial charge in [-0.2, -0.15) is 0 Å². The van der Waals surface area contributed by atoms with Gasteiger partial charge in [-0.1, -0.05) is 12.1 Å². The molecule has 6 nitrogen and oxygen atoms in total. The fourth-order valence-corrected chi connectivity index (χ4v) is 4.32. The maximum atomic E-state index is 5.77. The number of nitrogens with zero attached hydrogens (tertiary/aromatic N) is 1. The van der Waals surface area contributed by atoms with E-state index in [1.165, 1.54) is 0 Å². The first kappa shape index (κ1) is 14.8. The van der Waals surface area contributed by atoms with Crippen molar-refractivity contribution in [3.8, 4) is 39.9 Å². The molecule has 3 aliphatic heterocycles. The molecule has 136 valence electrons. The highest BCUT2D eigenvalue weighted by molar-refractivity contribution is 6.06. The van der Waals surface area contributed by atoms with E-state index in [2.05, 4.69) is 30.1 Å². The van der Waals surface area contributed by atoms with E-state index in [0.29, 0.717) is 6.54 Å². The van der Waals surface area contributed by atoms with E-state index >= 15 is 0 Å². The first-order valence-corrected chi connectivity index (χ1v) is 8.82. The van der Waals surface area contributed by atoms with Crippen LogP contribution in [0.4, 0.5) is 5.69 Å². The normalized spacial score (nSPS) is 15.7. The monoisotopic (exact) mass is 363 g/mol. The van der Waals surface area contributed by atoms with Gasteiger partial charge in [0.1, 0.15) is 5.75 Å². The minimum absolute atomic E-state index is 0.243. The van der Waals surface area contributed by atoms with Crippen molar-refractivity contribution >= 4 is 16.5 Å². The molecule has 0 atom stereocenters. The maximum absolute atomic E-state index is 5.77. The average Bonchev–Trinajstić information content (AvgIpc) is 3.33. The van der Waals surface area contributed by atoms with Crippen molar-refractivity contribution < 1.29 is 23.7 Å². The largest absolute Gasteiger partial charge is 0.496 e. The Morgan fingerprint density at radius 2 is 1.70 bits per heavy atom. The molecule has 0 aliphatic carbocycles. The van der Waals surface area contributed by atoms with Crippen molar-refractivity contribution in [1.29, 1.82) is 0 Å². The maximum Gasteiger partial charge on any atom is 0.231 e. The first-order chi connectivity index (χ1) is 13.2. The predicted molar refractivity (Wildman–Crippen MR) is 100 cm³/mol. The zero-order valence-electron chi connectivity index (χ0n) is 15.0. The van der Waals surface area contributed by atoms with Gasteiger partial charge in [-0.3, -0.25) is 0 Å². The third-order valence-corrected chi connectivity index (χ3v) is 5.48. The number of ether oxygens (including phenoxy) is 5. The summed E-state index contributed by atoms with van der Waals surface area (Å²) in [5.41, 5.74) is 4.42. The van der Waals surface area contributed by atoms with Crippen LogP contribution in [0, 0.1) is 0 Å². The van der Waals surface area contributed by atoms with E-state index in [1.807, 2.05) is 12.1 Å². The Morgan fingerprint density at radius 1 is 0.926 bits per heavy atom. The molecule has 3 aromatic carbocycles. The first-order valence-electron chi connectivity index (χ1n) is 8.82. The molecule has 0 unspecified atom stereocenters. The number of methoxy groups -OCH3 is 1. The van der Waals surface area contributed by atoms with Crippen LogP contribution in [0.5, 0.6) is 28.7 Å². The Morgan fingerprint density at radius 3 is 2.56 bits per heavy atom. The van der Waals surface area contributed by atoms with Crippen molar-refractivity contribution in [3.05, 3.63) is 35.9 Å². The van der Waals surface area contributed by atoms with Crippen LogP contribution in [0.3, 0.4) is 0 Å². The lowest BCUT2D eigenvalue weighted by Crippen LogP contribution is -2.22. The molecule has 0 amide bonds. The van der Waals surface area contributed by atoms with Crippen LogP contribution in [0.25, 0.3) is 21.9 Å². The summed E-state index contributed by atoms with van der Waals surface area (Å²) in [4.78, 5) is 2.24. The Balaban J connectivity index is 1.68. The number of fused-ring (bicyclic) bond motifs is 8. The Kier molecular flexibility index (Phi) is 2.82. The molecule has 0 saturated carbocycles. The summed E-state index contributed by atoms with van der Waals surface area (Å²) in [5, 5.41) is 2.25. The van der Waals surface area contributed by atoms with Gasteiger partial charge in [-0.05, 0) is 17.5 Å². The van der Waals surface area contributed by atoms with Gasteiger partial charge in [0, 0.05) is 41.7 Å². The molecule has 27 heavy (non-hydrogen) atoms. The zero-order chi connectivity index (χ0) is 18.1. The molecule has 0 aromatic heterocycles. The molecule has 6 heteroatoms. The molecule has 0 saturated heterocycles. The van der Waals surface area contributed by atoms with Crippen molar-refractivity contribution in [1.82, 2.24) is 0 Å². The summed E-state index contributed by atoms with van der Waals surface area (Å²) in [5.74, 6) is 3.93. The van der Waals surface area contributed by atoms with Crippen molar-refractivity contribution in [2.24, 2.45) is 0 Å². The second kappa shape index (κ2) is 5.13. The van der Waals surface area contributed by atoms with Crippen molar-refractivity contribution in [3.63, 3.8) is 0 Å². The summed E-state index contributed by atoms with van der Waals surface area (Å²) in [7, 11) is 3.78. The third kappa shape index (κ3) is 1.90. The SMILES string of the molecule is COc1cc2c(c3c1-c1ccc4cc5c(cc4c1N(C)C3)OCO5)OCO2. The highest BCUT2D eigenvalue weighted by Crippen LogP contribution is 2.54. The van der Waals surface area contributed by atoms with E-state index < -0.39 is 0 Å². The molecular formula is C21H17NO5. The Labute approximate surface area is 155 Å². The van der Waals surface area contributed by atoms with Crippen LogP contribution in [0.15, 0.2) is 30.3 Å². The lowest BCUT2D eigenvalue weighted by Gasteiger charge is -2.32. The standard InChI is InChI=1S/C21H17NO5/c1-22-8-14-19(17(23-2)7-18-21(14)27-10-26-18)12-4-3-11-5-15-16(25-9-24-15)6-13(11)20(12)22/h3-7H,8-10H2,1-2H3. The van der Waals surface area contributed by atoms with E-state index in [0.717, 1.165) is 61.9 Å². The topological polar surface area (TPSA) is 49.4 Å². The predicted octanol–water partition coefficient (Wildman–Crippen LogP) is 3.92. The van der Waals surface area contributed by atoms with Crippen LogP contribution < -0.4 is 28.6 Å². The van der Waals surface area contributed by atoms with Gasteiger partial charge in [-0.25, -0.2) is 0 Å². The minimum atomic E-state index is 0.243. The molecule has 3 aliphatic rings. The highest BCUT2D eigenvalue weighted by atomic mass is 16.7. The molecule has 0 bridgehead atoms. The van der Waals surface area contributed by atoms with E-state index in [-0.39, 0.29) is 13.6 Å². The molecule has 3 heterocycles. The molecule has 0 spiro atoms. The molecule has 0 N–H and O–H groups in total. The van der Waals surface area contributed by atoms with Gasteiger partial charge in [-0.15, -0.1) is 0 Å². The van der Waals surface area contributed by atoms with Crippen LogP contribution in [0.2, 0.25) is 0 Å². The number of hydrogen-bond donors (Lipinski definition) is 0. The van der Waals surface area contributed by atoms with Crippen molar-refractivity contribution in [2.75, 3.05) is 32.6 Å². The van der Waals surface area contributed by atoms with E-state index in [4.69, 9.17) is 23.7 Å². The quantitative estimate of drug-likeness (QED) is 0.653. The van der Waals surface area contributed by atoms with E-state index in [1.54, 1.807) is 7.11 Å². The number of anilines is 1. The van der Waals surface area contributed by atoms with E-state index in [9.17, 15) is 0 Å². The van der Waals surface area contributed by atoms with Gasteiger partial charge in [0.05, 0.1) is 12.8 Å². The second-order valence-corrected chi connectivity index (χ2v) is 6.91. The van der Waals surface area contributed by atoms with Gasteiger partial charge in [0.15, 0.2) is 23.0 Å². The van der Waals surface area contributed by atoms with Gasteiger partial charge in [0.25, 0.3) is 0 Å². The fraction of sp³-hybridized carbons (Fsp3) is 0.238. The fourth-order valence-electron chi connectivity index (χ4n) is 4.32. The van der Waals surface area contributed by atoms with Crippen LogP contribution >= 0.6 is 0 Å². The second-order valence-electron chi connectivity index (χ2n) is 6.91. The summed E-state index contributed by atoms with van der Waals surface area (Å²) in [6, 6.07) is 10.3. The van der Waals surface area contributed by atoms with Crippen LogP contribution in [-0.2, 0) is 6.54 Å². The lowest BCUT2D eigenvalue weighted by atomic mass is 9.89. The highest BCUT2D eigenvalue weighted by Gasteiger charge is 2.32. The summed E-state index contributed by atoms with van der Waals surface area (Å²) in [6.07, 6.45) is 0. The number of hydrogen-bond acceptors (Lipinski definition) is 6. The molecule has 3 aromatic rings. The smallest absolute Gasteiger partial charge is 0.231 e. The summed E-state index contributed by atoms with van der Waals surface area (Å²) >= 11 is 0. The molecular weight excluding hydrogens is 346 g/mol. The van der Waals surface area contributed by atoms with Gasteiger partial charge < -0.3 is 28.6 Å². The third-order valence-electron chi connectivity index (χ3n) is 5.48. The number of benzene rings is 3. The molecule has 0 fully saturated rings. The van der Waals surface area contributed by atoms with Gasteiger partial charge >= 0.3 is 0 Å². The average molecular weight is 363 g/mol. The number of rotatable bonds is 1. The summed E-state index contributed by atoms with van der Waals surface area (Å²) < 4.78 is 28.2. The van der Waals surface area contributed by atoms with Crippen LogP contribution in [0.1, 0.15) is 5.56 Å². The Hall–Kier alpha value is -3.28.